The Morgan fingerprint density at radius 3 is 1.93 bits per heavy atom. The van der Waals surface area contributed by atoms with Crippen LogP contribution in [0.5, 0.6) is 5.75 Å². The molecule has 0 spiro atoms. The highest BCUT2D eigenvalue weighted by Crippen LogP contribution is 2.30. The molecular formula is C25H20F4O. The number of allylic oxidation sites excluding steroid dienone is 1. The smallest absolute Gasteiger partial charge is 0.201 e. The first-order valence-corrected chi connectivity index (χ1v) is 9.46. The lowest BCUT2D eigenvalue weighted by Crippen LogP contribution is -1.98. The summed E-state index contributed by atoms with van der Waals surface area (Å²) in [6, 6.07) is 12.5. The lowest BCUT2D eigenvalue weighted by Gasteiger charge is -2.09. The van der Waals surface area contributed by atoms with E-state index in [1.807, 2.05) is 0 Å². The van der Waals surface area contributed by atoms with Crippen LogP contribution in [0.1, 0.15) is 30.5 Å². The minimum absolute atomic E-state index is 0.110. The molecule has 0 bridgehead atoms. The minimum atomic E-state index is -1.03. The molecule has 0 saturated heterocycles. The fraction of sp³-hybridized carbons (Fsp3) is 0.120. The van der Waals surface area contributed by atoms with E-state index in [1.165, 1.54) is 36.4 Å². The van der Waals surface area contributed by atoms with Crippen molar-refractivity contribution in [2.45, 2.75) is 13.8 Å². The zero-order valence-corrected chi connectivity index (χ0v) is 16.6. The Morgan fingerprint density at radius 1 is 0.700 bits per heavy atom. The fourth-order valence-corrected chi connectivity index (χ4v) is 3.00. The molecule has 5 heteroatoms. The lowest BCUT2D eigenvalue weighted by atomic mass is 10.0. The molecule has 1 nitrogen and oxygen atoms in total. The molecule has 3 aromatic carbocycles. The molecule has 0 aliphatic carbocycles. The molecule has 0 atom stereocenters. The topological polar surface area (TPSA) is 9.23 Å². The molecule has 0 aliphatic heterocycles. The summed E-state index contributed by atoms with van der Waals surface area (Å²) < 4.78 is 61.7. The van der Waals surface area contributed by atoms with Gasteiger partial charge in [-0.25, -0.2) is 13.2 Å². The Hall–Kier alpha value is -3.34. The van der Waals surface area contributed by atoms with Crippen molar-refractivity contribution >= 4 is 18.2 Å². The van der Waals surface area contributed by atoms with Crippen LogP contribution in [0.3, 0.4) is 0 Å². The van der Waals surface area contributed by atoms with Gasteiger partial charge in [0.05, 0.1) is 6.61 Å². The molecule has 0 heterocycles. The van der Waals surface area contributed by atoms with E-state index in [0.29, 0.717) is 11.1 Å². The van der Waals surface area contributed by atoms with Crippen LogP contribution in [0.2, 0.25) is 0 Å². The average Bonchev–Trinajstić information content (AvgIpc) is 2.75. The SMILES string of the molecule is CC=Cc1ccc(C=Cc2ccc(-c3ccc(OCC)c(F)c3F)cc2)c(F)c1F. The van der Waals surface area contributed by atoms with Gasteiger partial charge in [0, 0.05) is 16.7 Å². The van der Waals surface area contributed by atoms with Gasteiger partial charge in [-0.2, -0.15) is 4.39 Å². The van der Waals surface area contributed by atoms with E-state index < -0.39 is 23.3 Å². The second kappa shape index (κ2) is 9.44. The monoisotopic (exact) mass is 412 g/mol. The highest BCUT2D eigenvalue weighted by atomic mass is 19.2. The van der Waals surface area contributed by atoms with Crippen molar-refractivity contribution in [3.05, 3.63) is 94.6 Å². The van der Waals surface area contributed by atoms with Gasteiger partial charge in [0.25, 0.3) is 0 Å². The number of benzene rings is 3. The first-order chi connectivity index (χ1) is 14.5. The van der Waals surface area contributed by atoms with Gasteiger partial charge < -0.3 is 4.74 Å². The maximum Gasteiger partial charge on any atom is 0.201 e. The number of hydrogen-bond donors (Lipinski definition) is 0. The van der Waals surface area contributed by atoms with Crippen molar-refractivity contribution in [3.8, 4) is 16.9 Å². The third kappa shape index (κ3) is 4.46. The number of rotatable bonds is 6. The first-order valence-electron chi connectivity index (χ1n) is 9.46. The summed E-state index contributed by atoms with van der Waals surface area (Å²) in [5.74, 6) is -3.97. The molecule has 154 valence electrons. The largest absolute Gasteiger partial charge is 0.491 e. The molecule has 0 unspecified atom stereocenters. The van der Waals surface area contributed by atoms with E-state index in [4.69, 9.17) is 4.74 Å². The normalized spacial score (nSPS) is 11.5. The average molecular weight is 412 g/mol. The Bertz CT molecular complexity index is 1100. The van der Waals surface area contributed by atoms with Crippen LogP contribution in [-0.2, 0) is 0 Å². The summed E-state index contributed by atoms with van der Waals surface area (Å²) in [6.45, 7) is 3.65. The maximum atomic E-state index is 14.4. The van der Waals surface area contributed by atoms with Gasteiger partial charge in [0.15, 0.2) is 23.2 Å². The van der Waals surface area contributed by atoms with Gasteiger partial charge in [-0.3, -0.25) is 0 Å². The zero-order chi connectivity index (χ0) is 21.7. The highest BCUT2D eigenvalue weighted by molar-refractivity contribution is 5.73. The molecule has 3 rings (SSSR count). The molecule has 0 radical (unpaired) electrons. The zero-order valence-electron chi connectivity index (χ0n) is 16.6. The second-order valence-corrected chi connectivity index (χ2v) is 6.50. The molecule has 30 heavy (non-hydrogen) atoms. The first kappa shape index (κ1) is 21.4. The lowest BCUT2D eigenvalue weighted by molar-refractivity contribution is 0.314. The van der Waals surface area contributed by atoms with E-state index in [-0.39, 0.29) is 29.0 Å². The molecule has 0 aliphatic rings. The Balaban J connectivity index is 1.83. The molecule has 3 aromatic rings. The summed E-state index contributed by atoms with van der Waals surface area (Å²) in [7, 11) is 0. The summed E-state index contributed by atoms with van der Waals surface area (Å²) in [4.78, 5) is 0. The molecule has 0 aromatic heterocycles. The summed E-state index contributed by atoms with van der Waals surface area (Å²) in [6.07, 6.45) is 6.21. The quantitative estimate of drug-likeness (QED) is 0.301. The van der Waals surface area contributed by atoms with Crippen molar-refractivity contribution in [3.63, 3.8) is 0 Å². The molecule has 0 amide bonds. The predicted molar refractivity (Wildman–Crippen MR) is 113 cm³/mol. The van der Waals surface area contributed by atoms with Gasteiger partial charge in [0.1, 0.15) is 0 Å². The Morgan fingerprint density at radius 2 is 1.33 bits per heavy atom. The van der Waals surface area contributed by atoms with Crippen LogP contribution in [0.25, 0.3) is 29.4 Å². The van der Waals surface area contributed by atoms with Crippen LogP contribution < -0.4 is 4.74 Å². The summed E-state index contributed by atoms with van der Waals surface area (Å²) in [5.41, 5.74) is 1.59. The third-order valence-electron chi connectivity index (χ3n) is 4.51. The van der Waals surface area contributed by atoms with Crippen molar-refractivity contribution in [2.75, 3.05) is 6.61 Å². The van der Waals surface area contributed by atoms with Gasteiger partial charge in [0.2, 0.25) is 5.82 Å². The number of halogens is 4. The van der Waals surface area contributed by atoms with E-state index >= 15 is 0 Å². The summed E-state index contributed by atoms with van der Waals surface area (Å²) >= 11 is 0. The number of ether oxygens (including phenoxy) is 1. The molecular weight excluding hydrogens is 392 g/mol. The predicted octanol–water partition coefficient (Wildman–Crippen LogP) is 7.51. The second-order valence-electron chi connectivity index (χ2n) is 6.50. The van der Waals surface area contributed by atoms with Crippen LogP contribution in [0, 0.1) is 23.3 Å². The highest BCUT2D eigenvalue weighted by Gasteiger charge is 2.15. The Labute approximate surface area is 172 Å². The van der Waals surface area contributed by atoms with Gasteiger partial charge in [-0.1, -0.05) is 60.7 Å². The van der Waals surface area contributed by atoms with Gasteiger partial charge >= 0.3 is 0 Å². The van der Waals surface area contributed by atoms with Gasteiger partial charge in [-0.15, -0.1) is 0 Å². The van der Waals surface area contributed by atoms with Crippen molar-refractivity contribution in [1.29, 1.82) is 0 Å². The van der Waals surface area contributed by atoms with Crippen LogP contribution >= 0.6 is 0 Å². The van der Waals surface area contributed by atoms with Crippen LogP contribution in [0.4, 0.5) is 17.6 Å². The molecule has 0 fully saturated rings. The van der Waals surface area contributed by atoms with E-state index in [9.17, 15) is 17.6 Å². The Kier molecular flexibility index (Phi) is 6.72. The standard InChI is InChI=1S/C25H20F4O/c1-3-5-18-12-13-19(23(27)22(18)26)11-8-16-6-9-17(10-7-16)20-14-15-21(30-4-2)25(29)24(20)28/h3,5-15H,4H2,1-2H3. The van der Waals surface area contributed by atoms with E-state index in [2.05, 4.69) is 0 Å². The maximum absolute atomic E-state index is 14.4. The van der Waals surface area contributed by atoms with Crippen molar-refractivity contribution in [2.24, 2.45) is 0 Å². The summed E-state index contributed by atoms with van der Waals surface area (Å²) in [5, 5.41) is 0. The van der Waals surface area contributed by atoms with E-state index in [1.54, 1.807) is 50.3 Å². The fourth-order valence-electron chi connectivity index (χ4n) is 3.00. The third-order valence-corrected chi connectivity index (χ3v) is 4.51. The van der Waals surface area contributed by atoms with Crippen molar-refractivity contribution < 1.29 is 22.3 Å². The van der Waals surface area contributed by atoms with Crippen LogP contribution in [-0.4, -0.2) is 6.61 Å². The molecule has 0 saturated carbocycles. The van der Waals surface area contributed by atoms with Gasteiger partial charge in [-0.05, 0) is 37.1 Å². The molecule has 0 N–H and O–H groups in total. The van der Waals surface area contributed by atoms with E-state index in [0.717, 1.165) is 0 Å². The number of hydrogen-bond acceptors (Lipinski definition) is 1. The van der Waals surface area contributed by atoms with Crippen LogP contribution in [0.15, 0.2) is 54.6 Å². The van der Waals surface area contributed by atoms with Crippen molar-refractivity contribution in [1.82, 2.24) is 0 Å². The minimum Gasteiger partial charge on any atom is -0.491 e.